The fraction of sp³-hybridized carbons (Fsp3) is 0.923. The third-order valence-electron chi connectivity index (χ3n) is 4.19. The van der Waals surface area contributed by atoms with Crippen molar-refractivity contribution in [2.75, 3.05) is 0 Å². The first kappa shape index (κ1) is 11.7. The van der Waals surface area contributed by atoms with Gasteiger partial charge < -0.3 is 9.47 Å². The highest BCUT2D eigenvalue weighted by Crippen LogP contribution is 2.33. The number of carbonyl (C=O) groups excluding carboxylic acids is 1. The Bertz CT molecular complexity index is 220. The molecule has 3 heteroatoms. The van der Waals surface area contributed by atoms with Crippen molar-refractivity contribution in [1.82, 2.24) is 0 Å². The molecule has 2 aliphatic carbocycles. The Morgan fingerprint density at radius 1 is 0.938 bits per heavy atom. The van der Waals surface area contributed by atoms with Crippen LogP contribution in [0.15, 0.2) is 0 Å². The van der Waals surface area contributed by atoms with E-state index in [0.29, 0.717) is 11.8 Å². The van der Waals surface area contributed by atoms with Gasteiger partial charge in [-0.15, -0.1) is 0 Å². The van der Waals surface area contributed by atoms with Gasteiger partial charge in [0.2, 0.25) is 0 Å². The first-order valence-electron chi connectivity index (χ1n) is 6.54. The van der Waals surface area contributed by atoms with Crippen molar-refractivity contribution >= 4 is 6.16 Å². The van der Waals surface area contributed by atoms with Crippen LogP contribution in [0.4, 0.5) is 4.79 Å². The molecule has 2 atom stereocenters. The Kier molecular flexibility index (Phi) is 3.72. The summed E-state index contributed by atoms with van der Waals surface area (Å²) in [5.74, 6) is 1.12. The molecular weight excluding hydrogens is 204 g/mol. The molecule has 0 heterocycles. The molecule has 3 nitrogen and oxygen atoms in total. The molecule has 0 aliphatic heterocycles. The van der Waals surface area contributed by atoms with E-state index in [0.717, 1.165) is 0 Å². The van der Waals surface area contributed by atoms with E-state index in [-0.39, 0.29) is 12.2 Å². The quantitative estimate of drug-likeness (QED) is 0.688. The smallest absolute Gasteiger partial charge is 0.431 e. The monoisotopic (exact) mass is 226 g/mol. The summed E-state index contributed by atoms with van der Waals surface area (Å²) in [5, 5.41) is 0. The Hall–Kier alpha value is -0.730. The minimum Gasteiger partial charge on any atom is -0.431 e. The predicted molar refractivity (Wildman–Crippen MR) is 61.2 cm³/mol. The van der Waals surface area contributed by atoms with Gasteiger partial charge in [0, 0.05) is 0 Å². The molecule has 0 saturated heterocycles. The van der Waals surface area contributed by atoms with Gasteiger partial charge in [-0.3, -0.25) is 0 Å². The SMILES string of the molecule is CC(OC(=O)OC(C)C1CCC1)C1CCC1. The highest BCUT2D eigenvalue weighted by atomic mass is 16.7. The van der Waals surface area contributed by atoms with Gasteiger partial charge in [0.15, 0.2) is 0 Å². The van der Waals surface area contributed by atoms with Gasteiger partial charge in [-0.05, 0) is 51.4 Å². The Labute approximate surface area is 97.5 Å². The third kappa shape index (κ3) is 2.69. The van der Waals surface area contributed by atoms with E-state index >= 15 is 0 Å². The lowest BCUT2D eigenvalue weighted by Gasteiger charge is -2.33. The molecule has 2 aliphatic rings. The molecular formula is C13H22O3. The summed E-state index contributed by atoms with van der Waals surface area (Å²) in [6, 6.07) is 0. The number of hydrogen-bond donors (Lipinski definition) is 0. The van der Waals surface area contributed by atoms with Crippen LogP contribution in [0.2, 0.25) is 0 Å². The summed E-state index contributed by atoms with van der Waals surface area (Å²) < 4.78 is 10.6. The molecule has 92 valence electrons. The molecule has 2 saturated carbocycles. The van der Waals surface area contributed by atoms with E-state index in [2.05, 4.69) is 0 Å². The minimum atomic E-state index is -0.473. The van der Waals surface area contributed by atoms with Gasteiger partial charge in [0.1, 0.15) is 12.2 Å². The third-order valence-corrected chi connectivity index (χ3v) is 4.19. The summed E-state index contributed by atoms with van der Waals surface area (Å²) in [6.45, 7) is 3.94. The van der Waals surface area contributed by atoms with Crippen molar-refractivity contribution < 1.29 is 14.3 Å². The number of rotatable bonds is 4. The van der Waals surface area contributed by atoms with E-state index in [1.165, 1.54) is 38.5 Å². The van der Waals surface area contributed by atoms with Crippen molar-refractivity contribution in [1.29, 1.82) is 0 Å². The summed E-state index contributed by atoms with van der Waals surface area (Å²) >= 11 is 0. The van der Waals surface area contributed by atoms with Crippen molar-refractivity contribution in [3.8, 4) is 0 Å². The van der Waals surface area contributed by atoms with E-state index in [1.807, 2.05) is 13.8 Å². The highest BCUT2D eigenvalue weighted by molar-refractivity contribution is 5.60. The van der Waals surface area contributed by atoms with Crippen LogP contribution in [-0.2, 0) is 9.47 Å². The van der Waals surface area contributed by atoms with Gasteiger partial charge in [0.25, 0.3) is 0 Å². The van der Waals surface area contributed by atoms with Crippen LogP contribution in [-0.4, -0.2) is 18.4 Å². The van der Waals surface area contributed by atoms with Crippen LogP contribution in [0.5, 0.6) is 0 Å². The maximum absolute atomic E-state index is 11.5. The van der Waals surface area contributed by atoms with E-state index in [1.54, 1.807) is 0 Å². The van der Waals surface area contributed by atoms with Crippen molar-refractivity contribution in [3.63, 3.8) is 0 Å². The summed E-state index contributed by atoms with van der Waals surface area (Å²) in [7, 11) is 0. The molecule has 0 N–H and O–H groups in total. The molecule has 0 aromatic carbocycles. The first-order valence-corrected chi connectivity index (χ1v) is 6.54. The molecule has 0 radical (unpaired) electrons. The molecule has 0 bridgehead atoms. The number of carbonyl (C=O) groups is 1. The molecule has 0 amide bonds. The second-order valence-electron chi connectivity index (χ2n) is 5.28. The van der Waals surface area contributed by atoms with Crippen LogP contribution in [0.3, 0.4) is 0 Å². The van der Waals surface area contributed by atoms with Gasteiger partial charge in [-0.1, -0.05) is 12.8 Å². The maximum atomic E-state index is 11.5. The van der Waals surface area contributed by atoms with Gasteiger partial charge in [-0.2, -0.15) is 0 Å². The molecule has 16 heavy (non-hydrogen) atoms. The van der Waals surface area contributed by atoms with Crippen LogP contribution in [0.1, 0.15) is 52.4 Å². The standard InChI is InChI=1S/C13H22O3/c1-9(11-5-3-6-11)15-13(14)16-10(2)12-7-4-8-12/h9-12H,3-8H2,1-2H3. The second kappa shape index (κ2) is 5.07. The second-order valence-corrected chi connectivity index (χ2v) is 5.28. The Balaban J connectivity index is 1.66. The molecule has 2 unspecified atom stereocenters. The normalized spacial score (nSPS) is 25.1. The molecule has 2 fully saturated rings. The Morgan fingerprint density at radius 2 is 1.31 bits per heavy atom. The number of hydrogen-bond acceptors (Lipinski definition) is 3. The average molecular weight is 226 g/mol. The summed E-state index contributed by atoms with van der Waals surface area (Å²) in [4.78, 5) is 11.5. The fourth-order valence-corrected chi connectivity index (χ4v) is 2.34. The minimum absolute atomic E-state index is 0.0230. The Morgan fingerprint density at radius 3 is 1.56 bits per heavy atom. The van der Waals surface area contributed by atoms with Gasteiger partial charge in [0.05, 0.1) is 0 Å². The van der Waals surface area contributed by atoms with Crippen LogP contribution in [0, 0.1) is 11.8 Å². The van der Waals surface area contributed by atoms with Crippen molar-refractivity contribution in [2.45, 2.75) is 64.6 Å². The molecule has 2 rings (SSSR count). The van der Waals surface area contributed by atoms with Crippen LogP contribution >= 0.6 is 0 Å². The zero-order valence-electron chi connectivity index (χ0n) is 10.3. The lowest BCUT2D eigenvalue weighted by atomic mass is 9.81. The van der Waals surface area contributed by atoms with E-state index in [9.17, 15) is 4.79 Å². The lowest BCUT2D eigenvalue weighted by Crippen LogP contribution is -2.33. The molecule has 0 aromatic rings. The summed E-state index contributed by atoms with van der Waals surface area (Å²) in [6.07, 6.45) is 6.86. The zero-order valence-corrected chi connectivity index (χ0v) is 10.3. The molecule has 0 aromatic heterocycles. The zero-order chi connectivity index (χ0) is 11.5. The highest BCUT2D eigenvalue weighted by Gasteiger charge is 2.30. The largest absolute Gasteiger partial charge is 0.508 e. The van der Waals surface area contributed by atoms with Crippen LogP contribution in [0.25, 0.3) is 0 Å². The van der Waals surface area contributed by atoms with Crippen LogP contribution < -0.4 is 0 Å². The average Bonchev–Trinajstić information content (AvgIpc) is 1.94. The maximum Gasteiger partial charge on any atom is 0.508 e. The summed E-state index contributed by atoms with van der Waals surface area (Å²) in [5.41, 5.74) is 0. The van der Waals surface area contributed by atoms with Gasteiger partial charge in [-0.25, -0.2) is 4.79 Å². The topological polar surface area (TPSA) is 35.5 Å². The van der Waals surface area contributed by atoms with Gasteiger partial charge >= 0.3 is 6.16 Å². The first-order chi connectivity index (χ1) is 7.66. The van der Waals surface area contributed by atoms with Crippen molar-refractivity contribution in [2.24, 2.45) is 11.8 Å². The fourth-order valence-electron chi connectivity index (χ4n) is 2.34. The van der Waals surface area contributed by atoms with E-state index < -0.39 is 6.16 Å². The lowest BCUT2D eigenvalue weighted by molar-refractivity contribution is -0.0403. The predicted octanol–water partition coefficient (Wildman–Crippen LogP) is 3.52. The van der Waals surface area contributed by atoms with Crippen molar-refractivity contribution in [3.05, 3.63) is 0 Å². The number of ether oxygens (including phenoxy) is 2. The van der Waals surface area contributed by atoms with E-state index in [4.69, 9.17) is 9.47 Å². The molecule has 0 spiro atoms.